The van der Waals surface area contributed by atoms with Gasteiger partial charge in [0.25, 0.3) is 5.56 Å². The van der Waals surface area contributed by atoms with E-state index in [-0.39, 0.29) is 18.4 Å². The molecule has 7 heteroatoms. The summed E-state index contributed by atoms with van der Waals surface area (Å²) >= 11 is 0. The number of H-pyrrole nitrogens is 1. The van der Waals surface area contributed by atoms with Gasteiger partial charge in [0.05, 0.1) is 20.2 Å². The molecule has 3 aromatic carbocycles. The summed E-state index contributed by atoms with van der Waals surface area (Å²) < 4.78 is 6.20. The van der Waals surface area contributed by atoms with Crippen LogP contribution in [0, 0.1) is 0 Å². The summed E-state index contributed by atoms with van der Waals surface area (Å²) in [5.74, 6) is -0.660. The summed E-state index contributed by atoms with van der Waals surface area (Å²) in [6.45, 7) is 0.891. The molecule has 7 nitrogen and oxygen atoms in total. The summed E-state index contributed by atoms with van der Waals surface area (Å²) in [6, 6.07) is 23.8. The maximum Gasteiger partial charge on any atom is 0.328 e. The normalized spacial score (nSPS) is 12.5. The highest BCUT2D eigenvalue weighted by molar-refractivity contribution is 5.77. The van der Waals surface area contributed by atoms with Crippen LogP contribution in [0.15, 0.2) is 88.6 Å². The lowest BCUT2D eigenvalue weighted by Gasteiger charge is -2.21. The number of aromatic amines is 1. The fourth-order valence-electron chi connectivity index (χ4n) is 4.80. The first-order valence-electron chi connectivity index (χ1n) is 12.1. The molecule has 0 saturated heterocycles. The van der Waals surface area contributed by atoms with Crippen LogP contribution in [0.2, 0.25) is 0 Å². The van der Waals surface area contributed by atoms with Gasteiger partial charge in [-0.3, -0.25) is 19.1 Å². The molecular formula is C30H27N3O4. The molecule has 2 N–H and O–H groups in total. The van der Waals surface area contributed by atoms with Gasteiger partial charge in [0.2, 0.25) is 0 Å². The Morgan fingerprint density at radius 2 is 1.54 bits per heavy atom. The summed E-state index contributed by atoms with van der Waals surface area (Å²) in [6.07, 6.45) is 5.82. The second-order valence-electron chi connectivity index (χ2n) is 9.00. The third-order valence-electron chi connectivity index (χ3n) is 6.58. The summed E-state index contributed by atoms with van der Waals surface area (Å²) in [4.78, 5) is 39.9. The van der Waals surface area contributed by atoms with E-state index in [0.717, 1.165) is 33.4 Å². The van der Waals surface area contributed by atoms with Crippen molar-refractivity contribution in [2.45, 2.75) is 19.0 Å². The highest BCUT2D eigenvalue weighted by atomic mass is 16.5. The monoisotopic (exact) mass is 493 g/mol. The Kier molecular flexibility index (Phi) is 6.96. The first-order valence-corrected chi connectivity index (χ1v) is 12.1. The molecule has 37 heavy (non-hydrogen) atoms. The SMILES string of the molecule is COC(=O)CNCc1cccc(Cn2cc(C3c4ccccc4C=Cc4ccccc43)c(=O)[nH]c2=O)c1. The molecule has 0 amide bonds. The molecule has 4 aromatic rings. The third kappa shape index (κ3) is 5.22. The van der Waals surface area contributed by atoms with Crippen LogP contribution in [0.3, 0.4) is 0 Å². The number of esters is 1. The summed E-state index contributed by atoms with van der Waals surface area (Å²) in [5, 5.41) is 3.04. The van der Waals surface area contributed by atoms with Gasteiger partial charge in [0.15, 0.2) is 0 Å². The highest BCUT2D eigenvalue weighted by Crippen LogP contribution is 2.37. The van der Waals surface area contributed by atoms with Gasteiger partial charge in [-0.05, 0) is 33.4 Å². The van der Waals surface area contributed by atoms with Gasteiger partial charge in [0, 0.05) is 24.2 Å². The zero-order valence-electron chi connectivity index (χ0n) is 20.4. The average molecular weight is 494 g/mol. The zero-order valence-corrected chi connectivity index (χ0v) is 20.4. The predicted molar refractivity (Wildman–Crippen MR) is 143 cm³/mol. The van der Waals surface area contributed by atoms with E-state index in [1.54, 1.807) is 10.8 Å². The number of methoxy groups -OCH3 is 1. The Morgan fingerprint density at radius 1 is 0.892 bits per heavy atom. The number of rotatable bonds is 7. The molecule has 186 valence electrons. The Morgan fingerprint density at radius 3 is 2.22 bits per heavy atom. The Hall–Kier alpha value is -4.49. The first kappa shape index (κ1) is 24.2. The number of aromatic nitrogens is 2. The Labute approximate surface area is 214 Å². The van der Waals surface area contributed by atoms with Crippen molar-refractivity contribution in [1.29, 1.82) is 0 Å². The minimum absolute atomic E-state index is 0.114. The van der Waals surface area contributed by atoms with Gasteiger partial charge in [-0.1, -0.05) is 84.9 Å². The van der Waals surface area contributed by atoms with Crippen LogP contribution in [0.5, 0.6) is 0 Å². The smallest absolute Gasteiger partial charge is 0.328 e. The number of nitrogens with one attached hydrogen (secondary N) is 2. The Bertz CT molecular complexity index is 1550. The number of benzene rings is 3. The molecule has 1 aliphatic carbocycles. The van der Waals surface area contributed by atoms with Crippen LogP contribution < -0.4 is 16.6 Å². The number of nitrogens with zero attached hydrogens (tertiary/aromatic N) is 1. The van der Waals surface area contributed by atoms with Crippen molar-refractivity contribution >= 4 is 18.1 Å². The van der Waals surface area contributed by atoms with Gasteiger partial charge in [-0.15, -0.1) is 0 Å². The van der Waals surface area contributed by atoms with Crippen LogP contribution in [-0.4, -0.2) is 29.2 Å². The van der Waals surface area contributed by atoms with E-state index in [9.17, 15) is 14.4 Å². The number of fused-ring (bicyclic) bond motifs is 2. The zero-order chi connectivity index (χ0) is 25.8. The van der Waals surface area contributed by atoms with Crippen molar-refractivity contribution in [1.82, 2.24) is 14.9 Å². The lowest BCUT2D eigenvalue weighted by atomic mass is 9.83. The molecule has 0 saturated carbocycles. The first-order chi connectivity index (χ1) is 18.0. The number of ether oxygens (including phenoxy) is 1. The highest BCUT2D eigenvalue weighted by Gasteiger charge is 2.26. The van der Waals surface area contributed by atoms with Crippen molar-refractivity contribution in [3.05, 3.63) is 139 Å². The number of hydrogen-bond donors (Lipinski definition) is 2. The van der Waals surface area contributed by atoms with E-state index in [0.29, 0.717) is 18.7 Å². The topological polar surface area (TPSA) is 93.2 Å². The van der Waals surface area contributed by atoms with Crippen LogP contribution in [0.4, 0.5) is 0 Å². The van der Waals surface area contributed by atoms with E-state index < -0.39 is 11.2 Å². The van der Waals surface area contributed by atoms with E-state index in [1.807, 2.05) is 72.8 Å². The van der Waals surface area contributed by atoms with Crippen molar-refractivity contribution in [2.75, 3.05) is 13.7 Å². The van der Waals surface area contributed by atoms with Gasteiger partial charge in [-0.2, -0.15) is 0 Å². The molecule has 0 radical (unpaired) electrons. The standard InChI is InChI=1S/C30H27N3O4/c1-37-27(34)17-31-16-20-7-6-8-21(15-20)18-33-19-26(29(35)32-30(33)36)28-24-11-4-2-9-22(24)13-14-23-10-3-5-12-25(23)28/h2-15,19,28,31H,16-18H2,1H3,(H,32,35,36). The average Bonchev–Trinajstić information content (AvgIpc) is 3.07. The molecule has 1 heterocycles. The fraction of sp³-hybridized carbons (Fsp3) is 0.167. The number of carbonyl (C=O) groups is 1. The van der Waals surface area contributed by atoms with Gasteiger partial charge in [-0.25, -0.2) is 4.79 Å². The second kappa shape index (κ2) is 10.6. The van der Waals surface area contributed by atoms with Crippen molar-refractivity contribution in [2.24, 2.45) is 0 Å². The minimum Gasteiger partial charge on any atom is -0.468 e. The molecule has 0 bridgehead atoms. The van der Waals surface area contributed by atoms with Crippen molar-refractivity contribution in [3.63, 3.8) is 0 Å². The molecule has 1 aromatic heterocycles. The third-order valence-corrected chi connectivity index (χ3v) is 6.58. The maximum atomic E-state index is 13.2. The van der Waals surface area contributed by atoms with E-state index in [1.165, 1.54) is 7.11 Å². The minimum atomic E-state index is -0.462. The molecule has 0 aliphatic heterocycles. The fourth-order valence-corrected chi connectivity index (χ4v) is 4.80. The molecule has 0 unspecified atom stereocenters. The lowest BCUT2D eigenvalue weighted by molar-refractivity contribution is -0.139. The molecule has 5 rings (SSSR count). The van der Waals surface area contributed by atoms with Crippen molar-refractivity contribution < 1.29 is 9.53 Å². The van der Waals surface area contributed by atoms with Crippen molar-refractivity contribution in [3.8, 4) is 0 Å². The largest absolute Gasteiger partial charge is 0.468 e. The van der Waals surface area contributed by atoms with E-state index >= 15 is 0 Å². The molecule has 0 atom stereocenters. The predicted octanol–water partition coefficient (Wildman–Crippen LogP) is 3.51. The van der Waals surface area contributed by atoms with Crippen LogP contribution in [0.1, 0.15) is 44.9 Å². The Balaban J connectivity index is 1.51. The number of hydrogen-bond acceptors (Lipinski definition) is 5. The second-order valence-corrected chi connectivity index (χ2v) is 9.00. The summed E-state index contributed by atoms with van der Waals surface area (Å²) in [5.41, 5.74) is 5.63. The van der Waals surface area contributed by atoms with E-state index in [4.69, 9.17) is 0 Å². The summed E-state index contributed by atoms with van der Waals surface area (Å²) in [7, 11) is 1.35. The maximum absolute atomic E-state index is 13.2. The molecule has 0 spiro atoms. The number of carbonyl (C=O) groups excluding carboxylic acids is 1. The lowest BCUT2D eigenvalue weighted by Crippen LogP contribution is -2.33. The quantitative estimate of drug-likeness (QED) is 0.339. The van der Waals surface area contributed by atoms with Crippen LogP contribution in [-0.2, 0) is 22.6 Å². The van der Waals surface area contributed by atoms with Gasteiger partial charge in [0.1, 0.15) is 0 Å². The molecule has 1 aliphatic rings. The van der Waals surface area contributed by atoms with Gasteiger partial charge < -0.3 is 10.1 Å². The molecular weight excluding hydrogens is 466 g/mol. The molecule has 0 fully saturated rings. The van der Waals surface area contributed by atoms with Crippen LogP contribution >= 0.6 is 0 Å². The van der Waals surface area contributed by atoms with Gasteiger partial charge >= 0.3 is 11.7 Å². The van der Waals surface area contributed by atoms with E-state index in [2.05, 4.69) is 27.2 Å². The van der Waals surface area contributed by atoms with Crippen LogP contribution in [0.25, 0.3) is 12.2 Å².